The lowest BCUT2D eigenvalue weighted by molar-refractivity contribution is -0.142. The second-order valence-electron chi connectivity index (χ2n) is 8.88. The average molecular weight is 550 g/mol. The second-order valence-corrected chi connectivity index (χ2v) is 10.7. The average Bonchev–Trinajstić information content (AvgIpc) is 3.63. The van der Waals surface area contributed by atoms with Crippen LogP contribution >= 0.6 is 22.7 Å². The van der Waals surface area contributed by atoms with Gasteiger partial charge >= 0.3 is 11.9 Å². The first-order valence-corrected chi connectivity index (χ1v) is 13.8. The van der Waals surface area contributed by atoms with Crippen LogP contribution in [0.1, 0.15) is 24.0 Å². The summed E-state index contributed by atoms with van der Waals surface area (Å²) in [6, 6.07) is 15.3. The summed E-state index contributed by atoms with van der Waals surface area (Å²) in [5.41, 5.74) is 3.68. The van der Waals surface area contributed by atoms with Gasteiger partial charge in [-0.15, -0.1) is 22.7 Å². The molecule has 0 radical (unpaired) electrons. The minimum absolute atomic E-state index is 0.0103. The molecule has 0 aliphatic rings. The van der Waals surface area contributed by atoms with Crippen molar-refractivity contribution in [2.24, 2.45) is 11.8 Å². The van der Waals surface area contributed by atoms with E-state index in [0.717, 1.165) is 32.3 Å². The molecule has 4 rings (SSSR count). The molecule has 2 heterocycles. The third kappa shape index (κ3) is 7.56. The van der Waals surface area contributed by atoms with Crippen molar-refractivity contribution in [2.45, 2.75) is 25.7 Å². The predicted octanol–water partition coefficient (Wildman–Crippen LogP) is 5.02. The quantitative estimate of drug-likeness (QED) is 0.214. The van der Waals surface area contributed by atoms with Crippen molar-refractivity contribution < 1.29 is 24.6 Å². The first-order valence-electron chi connectivity index (χ1n) is 12.1. The van der Waals surface area contributed by atoms with Gasteiger partial charge in [0.1, 0.15) is 10.0 Å². The smallest absolute Gasteiger partial charge is 0.306 e. The van der Waals surface area contributed by atoms with Crippen LogP contribution < -0.4 is 5.32 Å². The number of amides is 1. The lowest BCUT2D eigenvalue weighted by Gasteiger charge is -2.21. The zero-order chi connectivity index (χ0) is 26.9. The van der Waals surface area contributed by atoms with Gasteiger partial charge < -0.3 is 15.5 Å². The van der Waals surface area contributed by atoms with Crippen LogP contribution in [0.3, 0.4) is 0 Å². The van der Waals surface area contributed by atoms with E-state index in [1.807, 2.05) is 59.3 Å². The molecule has 0 unspecified atom stereocenters. The van der Waals surface area contributed by atoms with Gasteiger partial charge in [0.25, 0.3) is 0 Å². The third-order valence-corrected chi connectivity index (χ3v) is 7.80. The van der Waals surface area contributed by atoms with E-state index in [-0.39, 0.29) is 31.7 Å². The molecule has 0 bridgehead atoms. The van der Waals surface area contributed by atoms with E-state index in [4.69, 9.17) is 5.11 Å². The van der Waals surface area contributed by atoms with Crippen molar-refractivity contribution in [3.05, 3.63) is 82.8 Å². The summed E-state index contributed by atoms with van der Waals surface area (Å²) in [5.74, 6) is -3.75. The van der Waals surface area contributed by atoms with Gasteiger partial charge in [0.15, 0.2) is 0 Å². The van der Waals surface area contributed by atoms with Gasteiger partial charge in [-0.25, -0.2) is 9.97 Å². The molecule has 38 heavy (non-hydrogen) atoms. The zero-order valence-corrected chi connectivity index (χ0v) is 22.1. The number of hydrogen-bond acceptors (Lipinski definition) is 7. The molecule has 8 nitrogen and oxygen atoms in total. The minimum atomic E-state index is -1.01. The lowest BCUT2D eigenvalue weighted by Crippen LogP contribution is -2.36. The van der Waals surface area contributed by atoms with Crippen LogP contribution in [-0.4, -0.2) is 44.6 Å². The minimum Gasteiger partial charge on any atom is -0.481 e. The summed E-state index contributed by atoms with van der Waals surface area (Å²) in [5, 5.41) is 27.2. The predicted molar refractivity (Wildman–Crippen MR) is 147 cm³/mol. The van der Waals surface area contributed by atoms with Crippen molar-refractivity contribution >= 4 is 40.5 Å². The monoisotopic (exact) mass is 549 g/mol. The van der Waals surface area contributed by atoms with Crippen LogP contribution in [0, 0.1) is 11.8 Å². The fourth-order valence-corrected chi connectivity index (χ4v) is 5.49. The number of carbonyl (C=O) groups excluding carboxylic acids is 1. The number of thiazole rings is 2. The zero-order valence-electron chi connectivity index (χ0n) is 20.4. The van der Waals surface area contributed by atoms with E-state index in [2.05, 4.69) is 15.3 Å². The van der Waals surface area contributed by atoms with Gasteiger partial charge in [-0.1, -0.05) is 48.5 Å². The highest BCUT2D eigenvalue weighted by molar-refractivity contribution is 7.13. The number of carbonyl (C=O) groups is 3. The summed E-state index contributed by atoms with van der Waals surface area (Å²) in [7, 11) is 0. The number of aliphatic carboxylic acids is 2. The maximum Gasteiger partial charge on any atom is 0.306 e. The van der Waals surface area contributed by atoms with Gasteiger partial charge in [0.05, 0.1) is 12.3 Å². The first-order chi connectivity index (χ1) is 18.4. The molecule has 0 fully saturated rings. The Kier molecular flexibility index (Phi) is 9.34. The van der Waals surface area contributed by atoms with E-state index >= 15 is 0 Å². The van der Waals surface area contributed by atoms with Crippen LogP contribution in [-0.2, 0) is 27.2 Å². The molecular formula is C28H27N3O5S2. The maximum atomic E-state index is 13.1. The molecule has 10 heteroatoms. The molecule has 0 aliphatic carbocycles. The van der Waals surface area contributed by atoms with Gasteiger partial charge in [-0.05, 0) is 30.4 Å². The SMILES string of the molecule is O=C(O)CCNC(=O)[C@H](Cc1ccc(-c2nccs2)cc1)C[C@@H](Cc1ccc(-c2nccs2)cc1)C(=O)O. The molecule has 1 amide bonds. The summed E-state index contributed by atoms with van der Waals surface area (Å²) in [6.45, 7) is -0.0103. The fourth-order valence-electron chi connectivity index (χ4n) is 4.20. The van der Waals surface area contributed by atoms with Crippen molar-refractivity contribution in [2.75, 3.05) is 6.54 Å². The standard InChI is InChI=1S/C28H27N3O5S2/c32-24(33)9-10-29-25(34)22(15-18-1-5-20(6-2-18)26-30-11-13-37-26)17-23(28(35)36)16-19-3-7-21(8-4-19)27-31-12-14-38-27/h1-8,11-14,22-23H,9-10,15-17H2,(H,29,34)(H,32,33)(H,35,36)/t22-,23-/m1/s1. The van der Waals surface area contributed by atoms with Crippen LogP contribution in [0.4, 0.5) is 0 Å². The summed E-state index contributed by atoms with van der Waals surface area (Å²) < 4.78 is 0. The van der Waals surface area contributed by atoms with Crippen LogP contribution in [0.2, 0.25) is 0 Å². The molecule has 3 N–H and O–H groups in total. The number of carboxylic acids is 2. The van der Waals surface area contributed by atoms with Crippen LogP contribution in [0.25, 0.3) is 21.1 Å². The molecule has 0 saturated carbocycles. The van der Waals surface area contributed by atoms with E-state index < -0.39 is 23.8 Å². The lowest BCUT2D eigenvalue weighted by atomic mass is 9.85. The number of carboxylic acid groups (broad SMARTS) is 2. The Bertz CT molecular complexity index is 1340. The molecule has 0 spiro atoms. The Hall–Kier alpha value is -3.89. The topological polar surface area (TPSA) is 129 Å². The summed E-state index contributed by atoms with van der Waals surface area (Å²) in [6.07, 6.45) is 4.01. The molecule has 196 valence electrons. The van der Waals surface area contributed by atoms with Crippen LogP contribution in [0.5, 0.6) is 0 Å². The van der Waals surface area contributed by atoms with Crippen molar-refractivity contribution in [3.8, 4) is 21.1 Å². The van der Waals surface area contributed by atoms with E-state index in [0.29, 0.717) is 6.42 Å². The summed E-state index contributed by atoms with van der Waals surface area (Å²) >= 11 is 3.07. The Labute approximate surface area is 228 Å². The molecule has 2 aromatic carbocycles. The molecular weight excluding hydrogens is 522 g/mol. The Morgan fingerprint density at radius 2 is 1.26 bits per heavy atom. The highest BCUT2D eigenvalue weighted by Gasteiger charge is 2.28. The number of aromatic nitrogens is 2. The van der Waals surface area contributed by atoms with E-state index in [9.17, 15) is 19.5 Å². The second kappa shape index (κ2) is 13.1. The van der Waals surface area contributed by atoms with Crippen molar-refractivity contribution in [3.63, 3.8) is 0 Å². The Balaban J connectivity index is 1.48. The van der Waals surface area contributed by atoms with E-state index in [1.165, 1.54) is 22.7 Å². The number of nitrogens with one attached hydrogen (secondary N) is 1. The number of benzene rings is 2. The van der Waals surface area contributed by atoms with E-state index in [1.54, 1.807) is 12.4 Å². The van der Waals surface area contributed by atoms with Gasteiger partial charge in [0.2, 0.25) is 5.91 Å². The molecule has 0 aliphatic heterocycles. The largest absolute Gasteiger partial charge is 0.481 e. The molecule has 0 saturated heterocycles. The summed E-state index contributed by atoms with van der Waals surface area (Å²) in [4.78, 5) is 44.8. The van der Waals surface area contributed by atoms with Crippen molar-refractivity contribution in [1.29, 1.82) is 0 Å². The Morgan fingerprint density at radius 3 is 1.68 bits per heavy atom. The highest BCUT2D eigenvalue weighted by Crippen LogP contribution is 2.27. The number of nitrogens with zero attached hydrogens (tertiary/aromatic N) is 2. The van der Waals surface area contributed by atoms with Gasteiger partial charge in [-0.3, -0.25) is 14.4 Å². The molecule has 2 aromatic heterocycles. The fraction of sp³-hybridized carbons (Fsp3) is 0.250. The number of rotatable bonds is 13. The van der Waals surface area contributed by atoms with Gasteiger partial charge in [0, 0.05) is 46.7 Å². The highest BCUT2D eigenvalue weighted by atomic mass is 32.1. The van der Waals surface area contributed by atoms with Crippen molar-refractivity contribution in [1.82, 2.24) is 15.3 Å². The first kappa shape index (κ1) is 27.2. The maximum absolute atomic E-state index is 13.1. The Morgan fingerprint density at radius 1 is 0.763 bits per heavy atom. The normalized spacial score (nSPS) is 12.5. The third-order valence-electron chi connectivity index (χ3n) is 6.16. The molecule has 2 atom stereocenters. The van der Waals surface area contributed by atoms with Gasteiger partial charge in [-0.2, -0.15) is 0 Å². The van der Waals surface area contributed by atoms with Crippen LogP contribution in [0.15, 0.2) is 71.7 Å². The number of hydrogen-bond donors (Lipinski definition) is 3. The molecule has 4 aromatic rings.